The molecule has 0 radical (unpaired) electrons. The molecular formula is C30H24Cl2F6N2O7. The Morgan fingerprint density at radius 3 is 1.34 bits per heavy atom. The van der Waals surface area contributed by atoms with Gasteiger partial charge in [-0.25, -0.2) is 0 Å². The third-order valence-corrected chi connectivity index (χ3v) is 7.90. The highest BCUT2D eigenvalue weighted by Gasteiger charge is 2.48. The maximum absolute atomic E-state index is 13.5. The van der Waals surface area contributed by atoms with E-state index in [-0.39, 0.29) is 21.2 Å². The van der Waals surface area contributed by atoms with Crippen molar-refractivity contribution in [3.8, 4) is 0 Å². The molecule has 0 saturated carbocycles. The molecule has 2 aliphatic rings. The summed E-state index contributed by atoms with van der Waals surface area (Å²) in [4.78, 5) is 22.4. The molecule has 4 rings (SSSR count). The fourth-order valence-corrected chi connectivity index (χ4v) is 5.60. The van der Waals surface area contributed by atoms with Gasteiger partial charge in [-0.2, -0.15) is 26.3 Å². The van der Waals surface area contributed by atoms with Gasteiger partial charge in [-0.3, -0.25) is 20.2 Å². The number of alkyl halides is 6. The highest BCUT2D eigenvalue weighted by Crippen LogP contribution is 2.41. The van der Waals surface area contributed by atoms with E-state index in [2.05, 4.69) is 0 Å². The Bertz CT molecular complexity index is 1540. The molecule has 0 spiro atoms. The Morgan fingerprint density at radius 2 is 1.04 bits per heavy atom. The number of hydrogen-bond acceptors (Lipinski definition) is 7. The van der Waals surface area contributed by atoms with Crippen molar-refractivity contribution in [3.63, 3.8) is 0 Å². The average Bonchev–Trinajstić information content (AvgIpc) is 2.98. The Hall–Kier alpha value is -3.76. The van der Waals surface area contributed by atoms with Crippen molar-refractivity contribution in [3.05, 3.63) is 138 Å². The van der Waals surface area contributed by atoms with Crippen LogP contribution in [-0.2, 0) is 26.6 Å². The molecule has 0 saturated heterocycles. The van der Waals surface area contributed by atoms with Gasteiger partial charge in [-0.1, -0.05) is 59.6 Å². The molecule has 0 aromatic heterocycles. The molecule has 6 atom stereocenters. The van der Waals surface area contributed by atoms with Gasteiger partial charge >= 0.3 is 23.8 Å². The van der Waals surface area contributed by atoms with Crippen LogP contribution >= 0.6 is 23.2 Å². The third kappa shape index (κ3) is 7.70. The fourth-order valence-electron chi connectivity index (χ4n) is 5.04. The molecule has 0 heterocycles. The van der Waals surface area contributed by atoms with Gasteiger partial charge in [0.2, 0.25) is 0 Å². The zero-order valence-electron chi connectivity index (χ0n) is 24.2. The number of rotatable bonds is 10. The monoisotopic (exact) mass is 708 g/mol. The number of halogens is 8. The Balaban J connectivity index is 1.53. The molecule has 2 aromatic carbocycles. The van der Waals surface area contributed by atoms with Gasteiger partial charge in [0.1, 0.15) is 12.2 Å². The van der Waals surface area contributed by atoms with Crippen LogP contribution in [0.5, 0.6) is 0 Å². The number of nitro groups is 2. The largest absolute Gasteiger partial charge is 0.416 e. The lowest BCUT2D eigenvalue weighted by Gasteiger charge is -2.31. The molecule has 6 unspecified atom stereocenters. The predicted octanol–water partition coefficient (Wildman–Crippen LogP) is 8.66. The molecule has 0 N–H and O–H groups in total. The molecule has 47 heavy (non-hydrogen) atoms. The zero-order chi connectivity index (χ0) is 34.9. The van der Waals surface area contributed by atoms with E-state index in [1.165, 1.54) is 26.0 Å². The van der Waals surface area contributed by atoms with Crippen LogP contribution in [0, 0.1) is 20.2 Å². The van der Waals surface area contributed by atoms with E-state index in [0.29, 0.717) is 0 Å². The minimum absolute atomic E-state index is 0.321. The maximum atomic E-state index is 13.5. The van der Waals surface area contributed by atoms with Gasteiger partial charge in [0.15, 0.2) is 0 Å². The summed E-state index contributed by atoms with van der Waals surface area (Å²) < 4.78 is 98.1. The van der Waals surface area contributed by atoms with Gasteiger partial charge in [-0.15, -0.1) is 0 Å². The average molecular weight is 709 g/mol. The SMILES string of the molecule is CC(OC1([N+](=O)[O-])C=CC(OC2C=CC(OC(C)c3ccccc3C(F)(F)F)([N+](=O)[O-])C=C2Cl)C(Cl)=C1)c1ccccc1C(F)(F)F. The van der Waals surface area contributed by atoms with Crippen LogP contribution in [0.4, 0.5) is 26.3 Å². The second-order valence-electron chi connectivity index (χ2n) is 10.5. The second kappa shape index (κ2) is 13.4. The predicted molar refractivity (Wildman–Crippen MR) is 156 cm³/mol. The van der Waals surface area contributed by atoms with E-state index in [0.717, 1.165) is 72.9 Å². The van der Waals surface area contributed by atoms with Gasteiger partial charge in [0, 0.05) is 24.3 Å². The van der Waals surface area contributed by atoms with E-state index in [1.54, 1.807) is 0 Å². The first-order valence-electron chi connectivity index (χ1n) is 13.6. The van der Waals surface area contributed by atoms with Crippen molar-refractivity contribution < 1.29 is 50.4 Å². The first kappa shape index (κ1) is 36.1. The molecule has 2 aliphatic carbocycles. The topological polar surface area (TPSA) is 114 Å². The molecular weight excluding hydrogens is 685 g/mol. The van der Waals surface area contributed by atoms with Crippen LogP contribution in [0.2, 0.25) is 0 Å². The van der Waals surface area contributed by atoms with Crippen LogP contribution in [0.3, 0.4) is 0 Å². The van der Waals surface area contributed by atoms with Crippen LogP contribution in [0.25, 0.3) is 0 Å². The summed E-state index contributed by atoms with van der Waals surface area (Å²) in [6, 6.07) is 8.84. The summed E-state index contributed by atoms with van der Waals surface area (Å²) >= 11 is 12.6. The first-order valence-corrected chi connectivity index (χ1v) is 14.3. The fraction of sp³-hybridized carbons (Fsp3) is 0.333. The molecule has 0 aliphatic heterocycles. The molecule has 0 fully saturated rings. The summed E-state index contributed by atoms with van der Waals surface area (Å²) in [5, 5.41) is 23.6. The smallest absolute Gasteiger partial charge is 0.356 e. The zero-order valence-corrected chi connectivity index (χ0v) is 25.7. The number of hydrogen-bond donors (Lipinski definition) is 0. The summed E-state index contributed by atoms with van der Waals surface area (Å²) in [6.45, 7) is 2.41. The van der Waals surface area contributed by atoms with Crippen molar-refractivity contribution in [2.24, 2.45) is 0 Å². The standard InChI is InChI=1S/C30H24Cl2F6N2O7/c1-17(19-7-3-5-9-21(19)29(33,34)35)46-27(39(41)42)13-11-25(23(31)15-27)45-26-12-14-28(40(43)44,16-24(26)32)47-18(2)20-8-4-6-10-22(20)30(36,37)38/h3-18,25-26H,1-2H3. The molecule has 252 valence electrons. The summed E-state index contributed by atoms with van der Waals surface area (Å²) in [5.74, 6) is 0. The van der Waals surface area contributed by atoms with E-state index < -0.39 is 69.2 Å². The normalized spacial score (nSPS) is 25.9. The van der Waals surface area contributed by atoms with Crippen LogP contribution in [0.15, 0.2) is 95.1 Å². The van der Waals surface area contributed by atoms with Crippen molar-refractivity contribution in [2.45, 2.75) is 62.1 Å². The molecule has 2 aromatic rings. The summed E-state index contributed by atoms with van der Waals surface area (Å²) in [5.41, 5.74) is -7.77. The van der Waals surface area contributed by atoms with E-state index in [4.69, 9.17) is 37.4 Å². The maximum Gasteiger partial charge on any atom is 0.416 e. The van der Waals surface area contributed by atoms with E-state index >= 15 is 0 Å². The lowest BCUT2D eigenvalue weighted by molar-refractivity contribution is -0.602. The lowest BCUT2D eigenvalue weighted by atomic mass is 10.00. The van der Waals surface area contributed by atoms with Crippen molar-refractivity contribution in [1.29, 1.82) is 0 Å². The summed E-state index contributed by atoms with van der Waals surface area (Å²) in [6.07, 6.45) is -9.12. The quantitative estimate of drug-likeness (QED) is 0.0798. The van der Waals surface area contributed by atoms with Gasteiger partial charge < -0.3 is 14.2 Å². The second-order valence-corrected chi connectivity index (χ2v) is 11.3. The van der Waals surface area contributed by atoms with E-state index in [1.807, 2.05) is 0 Å². The van der Waals surface area contributed by atoms with E-state index in [9.17, 15) is 46.6 Å². The first-order chi connectivity index (χ1) is 21.8. The van der Waals surface area contributed by atoms with Crippen molar-refractivity contribution in [2.75, 3.05) is 0 Å². The molecule has 17 heteroatoms. The highest BCUT2D eigenvalue weighted by molar-refractivity contribution is 6.31. The minimum Gasteiger partial charge on any atom is -0.356 e. The Kier molecular flexibility index (Phi) is 10.3. The van der Waals surface area contributed by atoms with Crippen molar-refractivity contribution in [1.82, 2.24) is 0 Å². The van der Waals surface area contributed by atoms with Gasteiger partial charge in [0.05, 0.1) is 43.2 Å². The molecule has 9 nitrogen and oxygen atoms in total. The Morgan fingerprint density at radius 1 is 0.702 bits per heavy atom. The van der Waals surface area contributed by atoms with Gasteiger partial charge in [-0.05, 0) is 49.3 Å². The highest BCUT2D eigenvalue weighted by atomic mass is 35.5. The molecule has 0 bridgehead atoms. The van der Waals surface area contributed by atoms with Crippen LogP contribution in [-0.4, -0.2) is 33.5 Å². The minimum atomic E-state index is -4.76. The third-order valence-electron chi connectivity index (χ3n) is 7.26. The van der Waals surface area contributed by atoms with Crippen LogP contribution < -0.4 is 0 Å². The lowest BCUT2D eigenvalue weighted by Crippen LogP contribution is -2.43. The van der Waals surface area contributed by atoms with Crippen LogP contribution in [0.1, 0.15) is 48.3 Å². The number of ether oxygens (including phenoxy) is 3. The summed E-state index contributed by atoms with van der Waals surface area (Å²) in [7, 11) is 0. The Labute approximate surface area is 273 Å². The van der Waals surface area contributed by atoms with Gasteiger partial charge in [0.25, 0.3) is 0 Å². The van der Waals surface area contributed by atoms with Crippen molar-refractivity contribution >= 4 is 23.2 Å². The number of benzene rings is 2. The number of nitrogens with zero attached hydrogens (tertiary/aromatic N) is 2. The molecule has 0 amide bonds.